The zero-order chi connectivity index (χ0) is 17.4. The lowest BCUT2D eigenvalue weighted by Crippen LogP contribution is -2.43. The Morgan fingerprint density at radius 3 is 2.58 bits per heavy atom. The molecule has 1 aliphatic rings. The number of nitrogens with zero attached hydrogens (tertiary/aromatic N) is 1. The van der Waals surface area contributed by atoms with E-state index in [4.69, 9.17) is 4.74 Å². The van der Waals surface area contributed by atoms with E-state index in [0.29, 0.717) is 24.0 Å². The van der Waals surface area contributed by atoms with Gasteiger partial charge < -0.3 is 15.4 Å². The van der Waals surface area contributed by atoms with Gasteiger partial charge in [-0.1, -0.05) is 25.8 Å². The number of anilines is 1. The first-order valence-electron chi connectivity index (χ1n) is 8.56. The summed E-state index contributed by atoms with van der Waals surface area (Å²) in [5, 5.41) is 5.89. The number of methoxy groups -OCH3 is 1. The van der Waals surface area contributed by atoms with E-state index >= 15 is 0 Å². The summed E-state index contributed by atoms with van der Waals surface area (Å²) >= 11 is 0. The largest absolute Gasteiger partial charge is 0.497 e. The maximum atomic E-state index is 12.2. The zero-order valence-corrected chi connectivity index (χ0v) is 14.5. The summed E-state index contributed by atoms with van der Waals surface area (Å²) in [4.78, 5) is 26.1. The van der Waals surface area contributed by atoms with Crippen molar-refractivity contribution in [3.63, 3.8) is 0 Å². The molecule has 6 nitrogen and oxygen atoms in total. The molecular formula is C18H27N3O3. The number of likely N-dealkylation sites (N-methyl/N-ethyl adjacent to an activating group) is 1. The van der Waals surface area contributed by atoms with Crippen molar-refractivity contribution in [2.45, 2.75) is 38.6 Å². The predicted octanol–water partition coefficient (Wildman–Crippen LogP) is 2.01. The SMILES string of the molecule is CCN(CC(=O)Nc1cccc(OC)c1)CC(=O)NC1CCCC1. The Balaban J connectivity index is 1.80. The lowest BCUT2D eigenvalue weighted by molar-refractivity contribution is -0.123. The summed E-state index contributed by atoms with van der Waals surface area (Å²) < 4.78 is 5.14. The summed E-state index contributed by atoms with van der Waals surface area (Å²) in [6.07, 6.45) is 4.50. The van der Waals surface area contributed by atoms with Crippen LogP contribution in [0.25, 0.3) is 0 Å². The highest BCUT2D eigenvalue weighted by atomic mass is 16.5. The van der Waals surface area contributed by atoms with Gasteiger partial charge in [0.15, 0.2) is 0 Å². The van der Waals surface area contributed by atoms with Crippen LogP contribution in [0.1, 0.15) is 32.6 Å². The molecule has 24 heavy (non-hydrogen) atoms. The van der Waals surface area contributed by atoms with E-state index in [0.717, 1.165) is 12.8 Å². The summed E-state index contributed by atoms with van der Waals surface area (Å²) in [6, 6.07) is 7.52. The number of carbonyl (C=O) groups excluding carboxylic acids is 2. The van der Waals surface area contributed by atoms with Crippen LogP contribution in [0.2, 0.25) is 0 Å². The first kappa shape index (κ1) is 18.3. The molecule has 0 aliphatic heterocycles. The van der Waals surface area contributed by atoms with E-state index in [1.807, 2.05) is 30.0 Å². The third-order valence-corrected chi connectivity index (χ3v) is 4.26. The first-order chi connectivity index (χ1) is 11.6. The number of carbonyl (C=O) groups is 2. The van der Waals surface area contributed by atoms with Gasteiger partial charge >= 0.3 is 0 Å². The molecule has 0 heterocycles. The number of benzene rings is 1. The number of nitrogens with one attached hydrogen (secondary N) is 2. The van der Waals surface area contributed by atoms with Gasteiger partial charge in [-0.25, -0.2) is 0 Å². The molecule has 0 aromatic heterocycles. The molecule has 0 spiro atoms. The second-order valence-electron chi connectivity index (χ2n) is 6.13. The average molecular weight is 333 g/mol. The molecule has 6 heteroatoms. The highest BCUT2D eigenvalue weighted by molar-refractivity contribution is 5.92. The van der Waals surface area contributed by atoms with Gasteiger partial charge in [0.1, 0.15) is 5.75 Å². The average Bonchev–Trinajstić information content (AvgIpc) is 3.07. The number of hydrogen-bond donors (Lipinski definition) is 2. The van der Waals surface area contributed by atoms with Crippen LogP contribution >= 0.6 is 0 Å². The number of ether oxygens (including phenoxy) is 1. The van der Waals surface area contributed by atoms with Crippen molar-refractivity contribution in [1.82, 2.24) is 10.2 Å². The van der Waals surface area contributed by atoms with Gasteiger partial charge in [-0.15, -0.1) is 0 Å². The molecule has 0 saturated heterocycles. The van der Waals surface area contributed by atoms with E-state index in [9.17, 15) is 9.59 Å². The fraction of sp³-hybridized carbons (Fsp3) is 0.556. The molecule has 2 amide bonds. The van der Waals surface area contributed by atoms with E-state index in [1.165, 1.54) is 12.8 Å². The third-order valence-electron chi connectivity index (χ3n) is 4.26. The minimum Gasteiger partial charge on any atom is -0.497 e. The lowest BCUT2D eigenvalue weighted by atomic mass is 10.2. The van der Waals surface area contributed by atoms with Crippen LogP contribution in [0.3, 0.4) is 0 Å². The Morgan fingerprint density at radius 2 is 1.92 bits per heavy atom. The molecule has 132 valence electrons. The highest BCUT2D eigenvalue weighted by Crippen LogP contribution is 2.18. The molecule has 0 atom stereocenters. The molecule has 2 rings (SSSR count). The van der Waals surface area contributed by atoms with E-state index in [1.54, 1.807) is 13.2 Å². The molecule has 1 saturated carbocycles. The van der Waals surface area contributed by atoms with Crippen molar-refractivity contribution in [1.29, 1.82) is 0 Å². The molecule has 1 aromatic carbocycles. The Bertz CT molecular complexity index is 556. The summed E-state index contributed by atoms with van der Waals surface area (Å²) in [5.74, 6) is 0.549. The van der Waals surface area contributed by atoms with Gasteiger partial charge in [-0.05, 0) is 31.5 Å². The van der Waals surface area contributed by atoms with Crippen molar-refractivity contribution < 1.29 is 14.3 Å². The van der Waals surface area contributed by atoms with Crippen LogP contribution in [0.15, 0.2) is 24.3 Å². The van der Waals surface area contributed by atoms with Crippen LogP contribution in [0.5, 0.6) is 5.75 Å². The molecule has 0 unspecified atom stereocenters. The van der Waals surface area contributed by atoms with Crippen molar-refractivity contribution in [3.05, 3.63) is 24.3 Å². The predicted molar refractivity (Wildman–Crippen MR) is 94.1 cm³/mol. The molecule has 1 aliphatic carbocycles. The summed E-state index contributed by atoms with van der Waals surface area (Å²) in [6.45, 7) is 3.02. The van der Waals surface area contributed by atoms with Crippen molar-refractivity contribution in [2.24, 2.45) is 0 Å². The van der Waals surface area contributed by atoms with E-state index < -0.39 is 0 Å². The fourth-order valence-corrected chi connectivity index (χ4v) is 2.93. The Morgan fingerprint density at radius 1 is 1.21 bits per heavy atom. The molecule has 0 radical (unpaired) electrons. The Labute approximate surface area is 143 Å². The van der Waals surface area contributed by atoms with Gasteiger partial charge in [-0.2, -0.15) is 0 Å². The minimum absolute atomic E-state index is 0.00192. The number of amides is 2. The second-order valence-corrected chi connectivity index (χ2v) is 6.13. The zero-order valence-electron chi connectivity index (χ0n) is 14.5. The molecule has 1 fully saturated rings. The van der Waals surface area contributed by atoms with Crippen molar-refractivity contribution in [2.75, 3.05) is 32.1 Å². The van der Waals surface area contributed by atoms with Crippen molar-refractivity contribution >= 4 is 17.5 Å². The van der Waals surface area contributed by atoms with E-state index in [2.05, 4.69) is 10.6 Å². The molecular weight excluding hydrogens is 306 g/mol. The van der Waals surface area contributed by atoms with Gasteiger partial charge in [0, 0.05) is 17.8 Å². The van der Waals surface area contributed by atoms with Gasteiger partial charge in [0.2, 0.25) is 11.8 Å². The minimum atomic E-state index is -0.140. The van der Waals surface area contributed by atoms with Gasteiger partial charge in [-0.3, -0.25) is 14.5 Å². The number of hydrogen-bond acceptors (Lipinski definition) is 4. The topological polar surface area (TPSA) is 70.7 Å². The highest BCUT2D eigenvalue weighted by Gasteiger charge is 2.19. The molecule has 1 aromatic rings. The van der Waals surface area contributed by atoms with Gasteiger partial charge in [0.05, 0.1) is 20.2 Å². The normalized spacial score (nSPS) is 14.6. The summed E-state index contributed by atoms with van der Waals surface area (Å²) in [5.41, 5.74) is 0.686. The quantitative estimate of drug-likeness (QED) is 0.763. The van der Waals surface area contributed by atoms with Crippen molar-refractivity contribution in [3.8, 4) is 5.75 Å². The van der Waals surface area contributed by atoms with Crippen LogP contribution in [0, 0.1) is 0 Å². The molecule has 2 N–H and O–H groups in total. The van der Waals surface area contributed by atoms with Crippen LogP contribution < -0.4 is 15.4 Å². The van der Waals surface area contributed by atoms with Gasteiger partial charge in [0.25, 0.3) is 0 Å². The Hall–Kier alpha value is -2.08. The van der Waals surface area contributed by atoms with Crippen LogP contribution in [-0.4, -0.2) is 49.5 Å². The van der Waals surface area contributed by atoms with E-state index in [-0.39, 0.29) is 24.9 Å². The monoisotopic (exact) mass is 333 g/mol. The van der Waals surface area contributed by atoms with Crippen LogP contribution in [-0.2, 0) is 9.59 Å². The Kier molecular flexibility index (Phi) is 7.06. The number of rotatable bonds is 8. The standard InChI is InChI=1S/C18H27N3O3/c1-3-21(12-17(22)19-14-7-4-5-8-14)13-18(23)20-15-9-6-10-16(11-15)24-2/h6,9-11,14H,3-5,7-8,12-13H2,1-2H3,(H,19,22)(H,20,23). The van der Waals surface area contributed by atoms with Crippen LogP contribution in [0.4, 0.5) is 5.69 Å². The second kappa shape index (κ2) is 9.27. The molecule has 0 bridgehead atoms. The first-order valence-corrected chi connectivity index (χ1v) is 8.56. The smallest absolute Gasteiger partial charge is 0.238 e. The summed E-state index contributed by atoms with van der Waals surface area (Å²) in [7, 11) is 1.59. The lowest BCUT2D eigenvalue weighted by Gasteiger charge is -2.21. The maximum absolute atomic E-state index is 12.2. The third kappa shape index (κ3) is 5.85. The fourth-order valence-electron chi connectivity index (χ4n) is 2.93. The maximum Gasteiger partial charge on any atom is 0.238 e.